The van der Waals surface area contributed by atoms with Gasteiger partial charge in [-0.1, -0.05) is 6.07 Å². The zero-order chi connectivity index (χ0) is 16.4. The van der Waals surface area contributed by atoms with Gasteiger partial charge in [-0.15, -0.1) is 0 Å². The molecule has 1 aromatic rings. The molecule has 2 N–H and O–H groups in total. The van der Waals surface area contributed by atoms with E-state index in [0.29, 0.717) is 22.5 Å². The monoisotopic (exact) mass is 333 g/mol. The Balaban J connectivity index is 1.73. The van der Waals surface area contributed by atoms with Crippen LogP contribution in [0.1, 0.15) is 24.8 Å². The summed E-state index contributed by atoms with van der Waals surface area (Å²) >= 11 is 0. The lowest BCUT2D eigenvalue weighted by Crippen LogP contribution is -2.21. The van der Waals surface area contributed by atoms with Crippen LogP contribution < -0.4 is 10.6 Å². The third-order valence-electron chi connectivity index (χ3n) is 4.19. The maximum Gasteiger partial charge on any atom is 0.177 e. The molecule has 0 aromatic heterocycles. The van der Waals surface area contributed by atoms with Crippen LogP contribution in [0.15, 0.2) is 40.0 Å². The molecule has 1 heterocycles. The summed E-state index contributed by atoms with van der Waals surface area (Å²) in [5.41, 5.74) is 2.85. The summed E-state index contributed by atoms with van der Waals surface area (Å²) < 4.78 is 23.9. The van der Waals surface area contributed by atoms with Gasteiger partial charge in [0, 0.05) is 43.4 Å². The summed E-state index contributed by atoms with van der Waals surface area (Å²) in [6, 6.07) is 6.23. The van der Waals surface area contributed by atoms with Crippen molar-refractivity contribution in [2.75, 3.05) is 18.6 Å². The smallest absolute Gasteiger partial charge is 0.177 e. The molecule has 124 valence electrons. The molecule has 1 saturated carbocycles. The Morgan fingerprint density at radius 2 is 2.09 bits per heavy atom. The van der Waals surface area contributed by atoms with Crippen LogP contribution in [-0.4, -0.2) is 34.0 Å². The Labute approximate surface area is 137 Å². The van der Waals surface area contributed by atoms with Gasteiger partial charge in [0.1, 0.15) is 0 Å². The second-order valence-corrected chi connectivity index (χ2v) is 8.38. The predicted octanol–water partition coefficient (Wildman–Crippen LogP) is 2.36. The number of benzene rings is 1. The maximum atomic E-state index is 12.0. The Kier molecular flexibility index (Phi) is 4.43. The molecule has 5 nitrogen and oxygen atoms in total. The molecular weight excluding hydrogens is 310 g/mol. The quantitative estimate of drug-likeness (QED) is 0.838. The average molecular weight is 333 g/mol. The van der Waals surface area contributed by atoms with Crippen molar-refractivity contribution in [3.63, 3.8) is 0 Å². The highest BCUT2D eigenvalue weighted by Crippen LogP contribution is 2.27. The van der Waals surface area contributed by atoms with Crippen molar-refractivity contribution >= 4 is 21.7 Å². The van der Waals surface area contributed by atoms with Crippen molar-refractivity contribution in [3.05, 3.63) is 35.7 Å². The lowest BCUT2D eigenvalue weighted by molar-refractivity contribution is 0.601. The van der Waals surface area contributed by atoms with Crippen molar-refractivity contribution in [3.8, 4) is 0 Å². The molecule has 1 aliphatic heterocycles. The first-order valence-corrected chi connectivity index (χ1v) is 9.84. The molecule has 2 aliphatic rings. The molecule has 0 spiro atoms. The Hall–Kier alpha value is -1.82. The van der Waals surface area contributed by atoms with Crippen molar-refractivity contribution < 1.29 is 8.42 Å². The van der Waals surface area contributed by atoms with Crippen molar-refractivity contribution in [2.45, 2.75) is 36.6 Å². The lowest BCUT2D eigenvalue weighted by atomic mass is 9.94. The Bertz CT molecular complexity index is 749. The predicted molar refractivity (Wildman–Crippen MR) is 93.6 cm³/mol. The van der Waals surface area contributed by atoms with Crippen LogP contribution in [0.5, 0.6) is 0 Å². The van der Waals surface area contributed by atoms with Crippen LogP contribution in [-0.2, 0) is 16.3 Å². The average Bonchev–Trinajstić information content (AvgIpc) is 3.31. The summed E-state index contributed by atoms with van der Waals surface area (Å²) in [5.74, 6) is 0.300. The van der Waals surface area contributed by atoms with Crippen LogP contribution >= 0.6 is 0 Å². The summed E-state index contributed by atoms with van der Waals surface area (Å²) in [6.07, 6.45) is 9.33. The summed E-state index contributed by atoms with van der Waals surface area (Å²) in [6.45, 7) is 0. The number of hydrogen-bond acceptors (Lipinski definition) is 5. The molecule has 1 fully saturated rings. The largest absolute Gasteiger partial charge is 0.387 e. The standard InChI is InChI=1S/C17H23N3O2S/c1-18-16-6-3-12(9-17(16)23(2,21)22)7-13-8-15(11-19-10-13)20-14-4-5-14/h3,6,9-11,13-14,18,20H,4-5,7-8H2,1-2H3. The second kappa shape index (κ2) is 6.35. The van der Waals surface area contributed by atoms with Gasteiger partial charge in [-0.2, -0.15) is 0 Å². The highest BCUT2D eigenvalue weighted by molar-refractivity contribution is 7.90. The number of sulfone groups is 1. The van der Waals surface area contributed by atoms with Gasteiger partial charge in [0.25, 0.3) is 0 Å². The number of rotatable bonds is 6. The van der Waals surface area contributed by atoms with Crippen LogP contribution in [0.4, 0.5) is 5.69 Å². The molecule has 1 atom stereocenters. The fourth-order valence-corrected chi connectivity index (χ4v) is 3.80. The fourth-order valence-electron chi connectivity index (χ4n) is 2.86. The lowest BCUT2D eigenvalue weighted by Gasteiger charge is -2.19. The van der Waals surface area contributed by atoms with Gasteiger partial charge in [0.15, 0.2) is 9.84 Å². The fraction of sp³-hybridized carbons (Fsp3) is 0.471. The second-order valence-electron chi connectivity index (χ2n) is 6.39. The van der Waals surface area contributed by atoms with E-state index in [-0.39, 0.29) is 0 Å². The molecule has 0 radical (unpaired) electrons. The van der Waals surface area contributed by atoms with E-state index >= 15 is 0 Å². The zero-order valence-electron chi connectivity index (χ0n) is 13.5. The number of hydrogen-bond donors (Lipinski definition) is 2. The number of aliphatic imine (C=N–C) groups is 1. The SMILES string of the molecule is CNc1ccc(CC2C=NC=C(NC3CC3)C2)cc1S(C)(=O)=O. The van der Waals surface area contributed by atoms with Crippen molar-refractivity contribution in [1.29, 1.82) is 0 Å². The molecule has 1 aromatic carbocycles. The van der Waals surface area contributed by atoms with Crippen molar-refractivity contribution in [2.24, 2.45) is 10.9 Å². The summed E-state index contributed by atoms with van der Waals surface area (Å²) in [4.78, 5) is 4.70. The van der Waals surface area contributed by atoms with Gasteiger partial charge >= 0.3 is 0 Å². The maximum absolute atomic E-state index is 12.0. The van der Waals surface area contributed by atoms with Gasteiger partial charge in [-0.25, -0.2) is 8.42 Å². The number of nitrogens with one attached hydrogen (secondary N) is 2. The molecule has 0 saturated heterocycles. The van der Waals surface area contributed by atoms with Crippen LogP contribution in [0.2, 0.25) is 0 Å². The van der Waals surface area contributed by atoms with Gasteiger partial charge in [-0.3, -0.25) is 4.99 Å². The van der Waals surface area contributed by atoms with Crippen molar-refractivity contribution in [1.82, 2.24) is 5.32 Å². The highest BCUT2D eigenvalue weighted by Gasteiger charge is 2.24. The highest BCUT2D eigenvalue weighted by atomic mass is 32.2. The molecular formula is C17H23N3O2S. The zero-order valence-corrected chi connectivity index (χ0v) is 14.4. The van der Waals surface area contributed by atoms with Gasteiger partial charge in [-0.05, 0) is 43.4 Å². The Morgan fingerprint density at radius 3 is 2.74 bits per heavy atom. The van der Waals surface area contributed by atoms with E-state index in [0.717, 1.165) is 18.4 Å². The molecule has 0 bridgehead atoms. The van der Waals surface area contributed by atoms with E-state index in [1.54, 1.807) is 13.1 Å². The minimum atomic E-state index is -3.25. The minimum absolute atomic E-state index is 0.300. The topological polar surface area (TPSA) is 70.6 Å². The van der Waals surface area contributed by atoms with E-state index in [2.05, 4.69) is 15.6 Å². The first kappa shape index (κ1) is 16.1. The third-order valence-corrected chi connectivity index (χ3v) is 5.33. The third kappa shape index (κ3) is 4.13. The molecule has 6 heteroatoms. The van der Waals surface area contributed by atoms with Crippen LogP contribution in [0, 0.1) is 5.92 Å². The minimum Gasteiger partial charge on any atom is -0.387 e. The number of allylic oxidation sites excluding steroid dienone is 1. The van der Waals surface area contributed by atoms with Crippen LogP contribution in [0.3, 0.4) is 0 Å². The van der Waals surface area contributed by atoms with E-state index in [1.165, 1.54) is 24.8 Å². The van der Waals surface area contributed by atoms with E-state index in [4.69, 9.17) is 0 Å². The number of anilines is 1. The summed E-state index contributed by atoms with van der Waals surface area (Å²) in [5, 5.41) is 6.45. The first-order chi connectivity index (χ1) is 11.0. The number of nitrogens with zero attached hydrogens (tertiary/aromatic N) is 1. The van der Waals surface area contributed by atoms with E-state index < -0.39 is 9.84 Å². The van der Waals surface area contributed by atoms with Gasteiger partial charge in [0.05, 0.1) is 10.6 Å². The molecule has 1 aliphatic carbocycles. The van der Waals surface area contributed by atoms with Gasteiger partial charge < -0.3 is 10.6 Å². The molecule has 23 heavy (non-hydrogen) atoms. The molecule has 0 amide bonds. The molecule has 3 rings (SSSR count). The van der Waals surface area contributed by atoms with E-state index in [9.17, 15) is 8.42 Å². The Morgan fingerprint density at radius 1 is 1.30 bits per heavy atom. The molecule has 1 unspecified atom stereocenters. The normalized spacial score (nSPS) is 21.0. The first-order valence-electron chi connectivity index (χ1n) is 7.95. The van der Waals surface area contributed by atoms with Gasteiger partial charge in [0.2, 0.25) is 0 Å². The summed E-state index contributed by atoms with van der Waals surface area (Å²) in [7, 11) is -1.51. The van der Waals surface area contributed by atoms with Crippen LogP contribution in [0.25, 0.3) is 0 Å². The van der Waals surface area contributed by atoms with E-state index in [1.807, 2.05) is 24.5 Å².